The molecular formula is C45H30N4. The molecule has 0 atom stereocenters. The molecule has 4 heteroatoms. The number of hydrogen-bond acceptors (Lipinski definition) is 4. The molecule has 8 aromatic rings. The van der Waals surface area contributed by atoms with Gasteiger partial charge in [-0.2, -0.15) is 5.26 Å². The minimum Gasteiger partial charge on any atom is -0.208 e. The van der Waals surface area contributed by atoms with Crippen LogP contribution in [-0.2, 0) is 0 Å². The lowest BCUT2D eigenvalue weighted by atomic mass is 9.90. The van der Waals surface area contributed by atoms with Crippen LogP contribution in [0.25, 0.3) is 78.3 Å². The van der Waals surface area contributed by atoms with Gasteiger partial charge in [-0.25, -0.2) is 15.0 Å². The van der Waals surface area contributed by atoms with E-state index in [-0.39, 0.29) is 0 Å². The monoisotopic (exact) mass is 626 g/mol. The maximum absolute atomic E-state index is 9.92. The lowest BCUT2D eigenvalue weighted by Gasteiger charge is -2.14. The molecule has 0 aliphatic rings. The van der Waals surface area contributed by atoms with Crippen molar-refractivity contribution in [2.75, 3.05) is 0 Å². The number of benzene rings is 7. The quantitative estimate of drug-likeness (QED) is 0.184. The molecule has 0 fully saturated rings. The van der Waals surface area contributed by atoms with E-state index in [0.29, 0.717) is 23.0 Å². The zero-order valence-corrected chi connectivity index (χ0v) is 26.9. The topological polar surface area (TPSA) is 62.5 Å². The summed E-state index contributed by atoms with van der Waals surface area (Å²) in [6.07, 6.45) is 0. The summed E-state index contributed by atoms with van der Waals surface area (Å²) in [5.41, 5.74) is 11.1. The van der Waals surface area contributed by atoms with Crippen molar-refractivity contribution in [1.82, 2.24) is 15.0 Å². The lowest BCUT2D eigenvalue weighted by molar-refractivity contribution is 1.07. The van der Waals surface area contributed by atoms with Crippen molar-refractivity contribution in [3.63, 3.8) is 0 Å². The number of aromatic nitrogens is 3. The molecule has 0 radical (unpaired) electrons. The molecule has 49 heavy (non-hydrogen) atoms. The van der Waals surface area contributed by atoms with E-state index in [9.17, 15) is 5.26 Å². The van der Waals surface area contributed by atoms with Crippen molar-refractivity contribution >= 4 is 10.8 Å². The predicted molar refractivity (Wildman–Crippen MR) is 199 cm³/mol. The fraction of sp³-hybridized carbons (Fsp3) is 0.0222. The molecule has 7 aromatic carbocycles. The van der Waals surface area contributed by atoms with Gasteiger partial charge in [0.2, 0.25) is 0 Å². The van der Waals surface area contributed by atoms with Crippen LogP contribution in [0.3, 0.4) is 0 Å². The number of aryl methyl sites for hydroxylation is 1. The normalized spacial score (nSPS) is 10.9. The van der Waals surface area contributed by atoms with Crippen LogP contribution in [0.5, 0.6) is 0 Å². The van der Waals surface area contributed by atoms with Gasteiger partial charge in [0.05, 0.1) is 11.6 Å². The van der Waals surface area contributed by atoms with E-state index >= 15 is 0 Å². The third-order valence-electron chi connectivity index (χ3n) is 8.84. The Morgan fingerprint density at radius 3 is 1.35 bits per heavy atom. The Labute approximate surface area is 285 Å². The molecule has 0 amide bonds. The first-order valence-corrected chi connectivity index (χ1v) is 16.2. The van der Waals surface area contributed by atoms with Gasteiger partial charge in [-0.3, -0.25) is 0 Å². The van der Waals surface area contributed by atoms with E-state index in [2.05, 4.69) is 104 Å². The number of fused-ring (bicyclic) bond motifs is 1. The van der Waals surface area contributed by atoms with Crippen LogP contribution < -0.4 is 0 Å². The molecule has 0 bridgehead atoms. The summed E-state index contributed by atoms with van der Waals surface area (Å²) in [5.74, 6) is 1.91. The second kappa shape index (κ2) is 12.8. The molecule has 1 heterocycles. The van der Waals surface area contributed by atoms with E-state index in [1.54, 1.807) is 0 Å². The summed E-state index contributed by atoms with van der Waals surface area (Å²) >= 11 is 0. The summed E-state index contributed by atoms with van der Waals surface area (Å²) < 4.78 is 0. The van der Waals surface area contributed by atoms with Crippen LogP contribution in [0, 0.1) is 18.3 Å². The third-order valence-corrected chi connectivity index (χ3v) is 8.84. The summed E-state index contributed by atoms with van der Waals surface area (Å²) in [6, 6.07) is 58.3. The van der Waals surface area contributed by atoms with E-state index in [1.165, 1.54) is 5.56 Å². The maximum atomic E-state index is 9.92. The molecule has 0 aliphatic carbocycles. The first kappa shape index (κ1) is 29.7. The van der Waals surface area contributed by atoms with Crippen LogP contribution in [0.2, 0.25) is 0 Å². The van der Waals surface area contributed by atoms with Gasteiger partial charge in [0.1, 0.15) is 0 Å². The summed E-state index contributed by atoms with van der Waals surface area (Å²) in [5, 5.41) is 12.2. The van der Waals surface area contributed by atoms with Gasteiger partial charge in [0, 0.05) is 16.7 Å². The fourth-order valence-electron chi connectivity index (χ4n) is 6.30. The van der Waals surface area contributed by atoms with Crippen LogP contribution in [0.15, 0.2) is 164 Å². The predicted octanol–water partition coefficient (Wildman–Crippen LogP) is 11.2. The lowest BCUT2D eigenvalue weighted by Crippen LogP contribution is -2.00. The highest BCUT2D eigenvalue weighted by Gasteiger charge is 2.15. The van der Waals surface area contributed by atoms with Gasteiger partial charge in [-0.15, -0.1) is 0 Å². The molecule has 0 saturated carbocycles. The van der Waals surface area contributed by atoms with Crippen molar-refractivity contribution in [2.24, 2.45) is 0 Å². The SMILES string of the molecule is Cc1ccc(-c2cc(C#N)cc(-c3ccc(-c4ccc(-c5nc(-c6ccccc6)nc(-c6ccccc6)n5)cc4)c4ccccc34)c2)cc1. The smallest absolute Gasteiger partial charge is 0.164 e. The number of rotatable bonds is 6. The van der Waals surface area contributed by atoms with Crippen molar-refractivity contribution < 1.29 is 0 Å². The minimum atomic E-state index is 0.626. The molecule has 0 saturated heterocycles. The summed E-state index contributed by atoms with van der Waals surface area (Å²) in [6.45, 7) is 2.08. The largest absolute Gasteiger partial charge is 0.208 e. The van der Waals surface area contributed by atoms with Gasteiger partial charge < -0.3 is 0 Å². The maximum Gasteiger partial charge on any atom is 0.164 e. The van der Waals surface area contributed by atoms with Crippen LogP contribution in [0.4, 0.5) is 0 Å². The van der Waals surface area contributed by atoms with E-state index < -0.39 is 0 Å². The highest BCUT2D eigenvalue weighted by molar-refractivity contribution is 6.05. The number of nitrogens with zero attached hydrogens (tertiary/aromatic N) is 4. The molecule has 8 rings (SSSR count). The van der Waals surface area contributed by atoms with E-state index in [4.69, 9.17) is 15.0 Å². The average molecular weight is 627 g/mol. The first-order chi connectivity index (χ1) is 24.1. The van der Waals surface area contributed by atoms with Gasteiger partial charge in [-0.05, 0) is 69.3 Å². The Hall–Kier alpha value is -6.70. The number of nitriles is 1. The van der Waals surface area contributed by atoms with Gasteiger partial charge >= 0.3 is 0 Å². The van der Waals surface area contributed by atoms with Gasteiger partial charge in [-0.1, -0.05) is 151 Å². The fourth-order valence-corrected chi connectivity index (χ4v) is 6.30. The minimum absolute atomic E-state index is 0.626. The molecule has 0 N–H and O–H groups in total. The van der Waals surface area contributed by atoms with Gasteiger partial charge in [0.15, 0.2) is 17.5 Å². The van der Waals surface area contributed by atoms with Crippen molar-refractivity contribution in [2.45, 2.75) is 6.92 Å². The zero-order valence-electron chi connectivity index (χ0n) is 26.9. The molecule has 1 aromatic heterocycles. The first-order valence-electron chi connectivity index (χ1n) is 16.2. The van der Waals surface area contributed by atoms with Crippen molar-refractivity contribution in [3.05, 3.63) is 175 Å². The van der Waals surface area contributed by atoms with Crippen molar-refractivity contribution in [1.29, 1.82) is 5.26 Å². The Kier molecular flexibility index (Phi) is 7.77. The Balaban J connectivity index is 1.19. The van der Waals surface area contributed by atoms with E-state index in [1.807, 2.05) is 72.8 Å². The molecule has 0 unspecified atom stereocenters. The second-order valence-corrected chi connectivity index (χ2v) is 12.1. The molecule has 4 nitrogen and oxygen atoms in total. The van der Waals surface area contributed by atoms with E-state index in [0.717, 1.165) is 60.8 Å². The van der Waals surface area contributed by atoms with Crippen molar-refractivity contribution in [3.8, 4) is 73.6 Å². The molecular weight excluding hydrogens is 597 g/mol. The standard InChI is InChI=1S/C45H30N4/c1-30-16-18-32(19-17-30)37-26-31(29-46)27-38(28-37)40-25-24-39(41-14-8-9-15-42(40)41)33-20-22-36(23-21-33)45-48-43(34-10-4-2-5-11-34)47-44(49-45)35-12-6-3-7-13-35/h2-28H,1H3. The number of hydrogen-bond donors (Lipinski definition) is 0. The van der Waals surface area contributed by atoms with Crippen LogP contribution >= 0.6 is 0 Å². The Bertz CT molecular complexity index is 2420. The highest BCUT2D eigenvalue weighted by Crippen LogP contribution is 2.38. The third kappa shape index (κ3) is 5.98. The highest BCUT2D eigenvalue weighted by atomic mass is 15.0. The molecule has 0 aliphatic heterocycles. The zero-order chi connectivity index (χ0) is 33.2. The van der Waals surface area contributed by atoms with Crippen LogP contribution in [0.1, 0.15) is 11.1 Å². The molecule has 0 spiro atoms. The average Bonchev–Trinajstić information content (AvgIpc) is 3.18. The molecule has 230 valence electrons. The summed E-state index contributed by atoms with van der Waals surface area (Å²) in [7, 11) is 0. The van der Waals surface area contributed by atoms with Gasteiger partial charge in [0.25, 0.3) is 0 Å². The Morgan fingerprint density at radius 2 is 0.816 bits per heavy atom. The van der Waals surface area contributed by atoms with Crippen LogP contribution in [-0.4, -0.2) is 15.0 Å². The Morgan fingerprint density at radius 1 is 0.388 bits per heavy atom. The second-order valence-electron chi connectivity index (χ2n) is 12.1. The summed E-state index contributed by atoms with van der Waals surface area (Å²) in [4.78, 5) is 14.6.